The predicted octanol–water partition coefficient (Wildman–Crippen LogP) is -3.93. The Morgan fingerprint density at radius 1 is 1.50 bits per heavy atom. The maximum Gasteiger partial charge on any atom is 1.00 e. The SMILES string of the molecule is COCCS(=O)(=O)c1ccc(C(=O)[O-])o1.[Li+]. The molecular weight excluding hydrogens is 231 g/mol. The van der Waals surface area contributed by atoms with E-state index >= 15 is 0 Å². The van der Waals surface area contributed by atoms with Gasteiger partial charge in [-0.15, -0.1) is 0 Å². The van der Waals surface area contributed by atoms with Crippen molar-refractivity contribution in [2.75, 3.05) is 19.5 Å². The van der Waals surface area contributed by atoms with Gasteiger partial charge in [0.1, 0.15) is 5.97 Å². The standard InChI is InChI=1S/C8H10O6S.Li/c1-13-4-5-15(11,12)7-3-2-6(14-7)8(9)10;/h2-3H,4-5H2,1H3,(H,9,10);/q;+1/p-1. The van der Waals surface area contributed by atoms with E-state index < -0.39 is 26.7 Å². The van der Waals surface area contributed by atoms with E-state index in [1.165, 1.54) is 7.11 Å². The van der Waals surface area contributed by atoms with Gasteiger partial charge >= 0.3 is 18.9 Å². The van der Waals surface area contributed by atoms with E-state index in [1.54, 1.807) is 0 Å². The molecule has 0 N–H and O–H groups in total. The fraction of sp³-hybridized carbons (Fsp3) is 0.375. The minimum absolute atomic E-state index is 0. The van der Waals surface area contributed by atoms with Gasteiger partial charge in [0.05, 0.1) is 12.4 Å². The summed E-state index contributed by atoms with van der Waals surface area (Å²) >= 11 is 0. The van der Waals surface area contributed by atoms with Gasteiger partial charge in [-0.2, -0.15) is 0 Å². The summed E-state index contributed by atoms with van der Waals surface area (Å²) in [5.74, 6) is -2.32. The van der Waals surface area contributed by atoms with Crippen LogP contribution in [0.1, 0.15) is 10.6 Å². The third kappa shape index (κ3) is 3.68. The van der Waals surface area contributed by atoms with Gasteiger partial charge in [-0.1, -0.05) is 0 Å². The van der Waals surface area contributed by atoms with E-state index in [9.17, 15) is 18.3 Å². The molecule has 0 amide bonds. The summed E-state index contributed by atoms with van der Waals surface area (Å²) in [7, 11) is -2.25. The zero-order chi connectivity index (χ0) is 11.5. The quantitative estimate of drug-likeness (QED) is 0.487. The molecule has 16 heavy (non-hydrogen) atoms. The molecule has 0 aliphatic carbocycles. The molecular formula is C8H9LiO6S. The maximum absolute atomic E-state index is 11.4. The molecule has 0 aliphatic rings. The van der Waals surface area contributed by atoms with E-state index in [4.69, 9.17) is 0 Å². The molecule has 0 unspecified atom stereocenters. The fourth-order valence-corrected chi connectivity index (χ4v) is 1.97. The molecule has 8 heteroatoms. The maximum atomic E-state index is 11.4. The molecule has 0 fully saturated rings. The van der Waals surface area contributed by atoms with E-state index in [-0.39, 0.29) is 31.2 Å². The van der Waals surface area contributed by atoms with Crippen LogP contribution < -0.4 is 24.0 Å². The first-order valence-electron chi connectivity index (χ1n) is 4.00. The molecule has 0 atom stereocenters. The smallest absolute Gasteiger partial charge is 0.542 e. The number of ether oxygens (including phenoxy) is 1. The van der Waals surface area contributed by atoms with Gasteiger partial charge in [0.25, 0.3) is 0 Å². The average Bonchev–Trinajstić information content (AvgIpc) is 2.64. The Hall–Kier alpha value is -0.743. The summed E-state index contributed by atoms with van der Waals surface area (Å²) < 4.78 is 32.1. The average molecular weight is 240 g/mol. The van der Waals surface area contributed by atoms with Gasteiger partial charge in [0, 0.05) is 7.11 Å². The Kier molecular flexibility index (Phi) is 5.82. The van der Waals surface area contributed by atoms with Crippen LogP contribution in [0.25, 0.3) is 0 Å². The van der Waals surface area contributed by atoms with E-state index in [0.717, 1.165) is 12.1 Å². The van der Waals surface area contributed by atoms with Crippen LogP contribution in [0.5, 0.6) is 0 Å². The van der Waals surface area contributed by atoms with Crippen LogP contribution in [0.2, 0.25) is 0 Å². The van der Waals surface area contributed by atoms with Crippen molar-refractivity contribution >= 4 is 15.8 Å². The number of hydrogen-bond acceptors (Lipinski definition) is 6. The summed E-state index contributed by atoms with van der Waals surface area (Å²) in [5, 5.41) is 9.94. The molecule has 6 nitrogen and oxygen atoms in total. The van der Waals surface area contributed by atoms with Crippen molar-refractivity contribution < 1.29 is 46.3 Å². The molecule has 0 radical (unpaired) electrons. The number of methoxy groups -OCH3 is 1. The first-order chi connectivity index (χ1) is 6.97. The summed E-state index contributed by atoms with van der Waals surface area (Å²) in [6.07, 6.45) is 0. The van der Waals surface area contributed by atoms with E-state index in [1.807, 2.05) is 0 Å². The number of sulfone groups is 1. The fourth-order valence-electron chi connectivity index (χ4n) is 0.891. The molecule has 1 rings (SSSR count). The van der Waals surface area contributed by atoms with Crippen LogP contribution in [0.4, 0.5) is 0 Å². The molecule has 0 bridgehead atoms. The van der Waals surface area contributed by atoms with Crippen molar-refractivity contribution in [3.8, 4) is 0 Å². The number of carbonyl (C=O) groups is 1. The second-order valence-electron chi connectivity index (χ2n) is 2.72. The number of rotatable bonds is 5. The van der Waals surface area contributed by atoms with Crippen LogP contribution in [0, 0.1) is 0 Å². The number of hydrogen-bond donors (Lipinski definition) is 0. The Labute approximate surface area is 105 Å². The second-order valence-corrected chi connectivity index (χ2v) is 4.76. The van der Waals surface area contributed by atoms with Crippen molar-refractivity contribution in [1.29, 1.82) is 0 Å². The van der Waals surface area contributed by atoms with Crippen molar-refractivity contribution in [3.05, 3.63) is 17.9 Å². The Morgan fingerprint density at radius 2 is 2.12 bits per heavy atom. The molecule has 0 aromatic carbocycles. The number of carboxylic acids is 1. The Balaban J connectivity index is 0.00000225. The number of carbonyl (C=O) groups excluding carboxylic acids is 1. The summed E-state index contributed by atoms with van der Waals surface area (Å²) in [5.41, 5.74) is 0. The number of furan rings is 1. The molecule has 84 valence electrons. The van der Waals surface area contributed by atoms with Gasteiger partial charge < -0.3 is 19.1 Å². The molecule has 0 saturated heterocycles. The normalized spacial score (nSPS) is 10.8. The predicted molar refractivity (Wildman–Crippen MR) is 47.0 cm³/mol. The zero-order valence-electron chi connectivity index (χ0n) is 8.93. The van der Waals surface area contributed by atoms with Crippen LogP contribution in [0.15, 0.2) is 21.6 Å². The van der Waals surface area contributed by atoms with Crippen molar-refractivity contribution in [1.82, 2.24) is 0 Å². The van der Waals surface area contributed by atoms with Crippen LogP contribution in [-0.4, -0.2) is 33.9 Å². The minimum Gasteiger partial charge on any atom is -0.542 e. The minimum atomic E-state index is -3.62. The molecule has 0 saturated carbocycles. The Bertz CT molecular complexity index is 449. The molecule has 1 aromatic heterocycles. The molecule has 0 aliphatic heterocycles. The molecule has 1 heterocycles. The van der Waals surface area contributed by atoms with Gasteiger partial charge in [-0.3, -0.25) is 0 Å². The molecule has 0 spiro atoms. The number of carboxylic acid groups (broad SMARTS) is 1. The number of aromatic carboxylic acids is 1. The monoisotopic (exact) mass is 240 g/mol. The second kappa shape index (κ2) is 6.11. The topological polar surface area (TPSA) is 96.6 Å². The zero-order valence-corrected chi connectivity index (χ0v) is 9.74. The largest absolute Gasteiger partial charge is 1.00 e. The summed E-state index contributed by atoms with van der Waals surface area (Å²) in [6.45, 7) is 0.0175. The Morgan fingerprint density at radius 3 is 2.56 bits per heavy atom. The molecule has 1 aromatic rings. The van der Waals surface area contributed by atoms with Crippen molar-refractivity contribution in [2.45, 2.75) is 5.09 Å². The van der Waals surface area contributed by atoms with Crippen molar-refractivity contribution in [2.24, 2.45) is 0 Å². The first kappa shape index (κ1) is 15.3. The van der Waals surface area contributed by atoms with Gasteiger partial charge in [0.15, 0.2) is 5.76 Å². The van der Waals surface area contributed by atoms with Crippen LogP contribution >= 0.6 is 0 Å². The van der Waals surface area contributed by atoms with Crippen molar-refractivity contribution in [3.63, 3.8) is 0 Å². The van der Waals surface area contributed by atoms with Crippen LogP contribution in [0.3, 0.4) is 0 Å². The van der Waals surface area contributed by atoms with E-state index in [2.05, 4.69) is 9.15 Å². The van der Waals surface area contributed by atoms with Crippen LogP contribution in [-0.2, 0) is 14.6 Å². The van der Waals surface area contributed by atoms with E-state index in [0.29, 0.717) is 0 Å². The van der Waals surface area contributed by atoms with Gasteiger partial charge in [-0.05, 0) is 12.1 Å². The third-order valence-corrected chi connectivity index (χ3v) is 3.18. The third-order valence-electron chi connectivity index (χ3n) is 1.65. The first-order valence-corrected chi connectivity index (χ1v) is 5.65. The van der Waals surface area contributed by atoms with Gasteiger partial charge in [0.2, 0.25) is 14.9 Å². The van der Waals surface area contributed by atoms with Gasteiger partial charge in [-0.25, -0.2) is 8.42 Å². The summed E-state index contributed by atoms with van der Waals surface area (Å²) in [6, 6.07) is 2.12. The summed E-state index contributed by atoms with van der Waals surface area (Å²) in [4.78, 5) is 10.3.